The van der Waals surface area contributed by atoms with Crippen molar-refractivity contribution in [2.45, 2.75) is 23.8 Å². The fraction of sp³-hybridized carbons (Fsp3) is 0.389. The highest BCUT2D eigenvalue weighted by atomic mass is 32.2. The Hall–Kier alpha value is -1.30. The molecule has 1 atom stereocenters. The van der Waals surface area contributed by atoms with Gasteiger partial charge >= 0.3 is 0 Å². The summed E-state index contributed by atoms with van der Waals surface area (Å²) in [6, 6.07) is 11.8. The quantitative estimate of drug-likeness (QED) is 0.848. The van der Waals surface area contributed by atoms with Crippen molar-refractivity contribution in [2.75, 3.05) is 19.3 Å². The summed E-state index contributed by atoms with van der Waals surface area (Å²) in [6.07, 6.45) is 3.27. The van der Waals surface area contributed by atoms with Crippen molar-refractivity contribution in [1.29, 1.82) is 0 Å². The van der Waals surface area contributed by atoms with Gasteiger partial charge in [0.05, 0.1) is 6.10 Å². The average Bonchev–Trinajstić information content (AvgIpc) is 3.10. The van der Waals surface area contributed by atoms with E-state index in [1.165, 1.54) is 11.3 Å². The molecule has 1 unspecified atom stereocenters. The number of amides is 1. The SMILES string of the molecule is CSc1ccsc1C(=O)N1CCC(C(O)c2ccccc2)CC1. The third kappa shape index (κ3) is 3.62. The Bertz CT molecular complexity index is 648. The molecule has 0 aliphatic carbocycles. The second kappa shape index (κ2) is 7.51. The zero-order valence-electron chi connectivity index (χ0n) is 13.1. The molecule has 3 rings (SSSR count). The number of hydrogen-bond acceptors (Lipinski definition) is 4. The minimum atomic E-state index is -0.433. The molecule has 122 valence electrons. The Morgan fingerprint density at radius 1 is 1.26 bits per heavy atom. The molecular formula is C18H21NO2S2. The van der Waals surface area contributed by atoms with Gasteiger partial charge in [0, 0.05) is 18.0 Å². The molecule has 1 fully saturated rings. The number of nitrogens with zero attached hydrogens (tertiary/aromatic N) is 1. The molecule has 2 heterocycles. The van der Waals surface area contributed by atoms with E-state index in [0.717, 1.165) is 41.3 Å². The van der Waals surface area contributed by atoms with Crippen LogP contribution in [0.25, 0.3) is 0 Å². The number of likely N-dealkylation sites (tertiary alicyclic amines) is 1. The second-order valence-corrected chi connectivity index (χ2v) is 7.57. The highest BCUT2D eigenvalue weighted by molar-refractivity contribution is 7.98. The molecule has 1 saturated heterocycles. The lowest BCUT2D eigenvalue weighted by Gasteiger charge is -2.34. The van der Waals surface area contributed by atoms with E-state index in [9.17, 15) is 9.90 Å². The van der Waals surface area contributed by atoms with Crippen molar-refractivity contribution >= 4 is 29.0 Å². The maximum absolute atomic E-state index is 12.6. The van der Waals surface area contributed by atoms with Gasteiger partial charge in [0.1, 0.15) is 4.88 Å². The monoisotopic (exact) mass is 347 g/mol. The number of aliphatic hydroxyl groups is 1. The van der Waals surface area contributed by atoms with E-state index in [1.54, 1.807) is 11.8 Å². The van der Waals surface area contributed by atoms with Crippen LogP contribution >= 0.6 is 23.1 Å². The topological polar surface area (TPSA) is 40.5 Å². The van der Waals surface area contributed by atoms with Crippen LogP contribution in [0.3, 0.4) is 0 Å². The van der Waals surface area contributed by atoms with E-state index in [4.69, 9.17) is 0 Å². The highest BCUT2D eigenvalue weighted by Gasteiger charge is 2.29. The van der Waals surface area contributed by atoms with Gasteiger partial charge in [-0.25, -0.2) is 0 Å². The van der Waals surface area contributed by atoms with Crippen molar-refractivity contribution in [1.82, 2.24) is 4.90 Å². The summed E-state index contributed by atoms with van der Waals surface area (Å²) in [7, 11) is 0. The van der Waals surface area contributed by atoms with Gasteiger partial charge in [0.2, 0.25) is 0 Å². The first-order valence-electron chi connectivity index (χ1n) is 7.84. The Labute approximate surface area is 145 Å². The minimum absolute atomic E-state index is 0.136. The first kappa shape index (κ1) is 16.6. The van der Waals surface area contributed by atoms with Crippen LogP contribution in [0.4, 0.5) is 0 Å². The molecule has 3 nitrogen and oxygen atoms in total. The third-order valence-corrected chi connectivity index (χ3v) is 6.27. The summed E-state index contributed by atoms with van der Waals surface area (Å²) in [6.45, 7) is 1.44. The summed E-state index contributed by atoms with van der Waals surface area (Å²) >= 11 is 3.14. The number of rotatable bonds is 4. The number of carbonyl (C=O) groups excluding carboxylic acids is 1. The molecule has 1 N–H and O–H groups in total. The zero-order chi connectivity index (χ0) is 16.2. The summed E-state index contributed by atoms with van der Waals surface area (Å²) < 4.78 is 0. The number of aliphatic hydroxyl groups excluding tert-OH is 1. The van der Waals surface area contributed by atoms with Crippen LogP contribution in [-0.2, 0) is 0 Å². The molecule has 0 spiro atoms. The fourth-order valence-electron chi connectivity index (χ4n) is 3.10. The standard InChI is InChI=1S/C18H21NO2S2/c1-22-15-9-12-23-17(15)18(21)19-10-7-14(8-11-19)16(20)13-5-3-2-4-6-13/h2-6,9,12,14,16,20H,7-8,10-11H2,1H3. The van der Waals surface area contributed by atoms with Crippen LogP contribution in [0.1, 0.15) is 34.2 Å². The Morgan fingerprint density at radius 3 is 2.61 bits per heavy atom. The normalized spacial score (nSPS) is 17.2. The number of thiophene rings is 1. The fourth-order valence-corrected chi connectivity index (χ4v) is 4.81. The first-order chi connectivity index (χ1) is 11.2. The average molecular weight is 348 g/mol. The van der Waals surface area contributed by atoms with Gasteiger partial charge in [-0.1, -0.05) is 30.3 Å². The predicted molar refractivity (Wildman–Crippen MR) is 96.1 cm³/mol. The minimum Gasteiger partial charge on any atom is -0.388 e. The molecule has 1 aliphatic heterocycles. The van der Waals surface area contributed by atoms with Gasteiger partial charge in [0.25, 0.3) is 5.91 Å². The Morgan fingerprint density at radius 2 is 1.96 bits per heavy atom. The van der Waals surface area contributed by atoms with Gasteiger partial charge in [-0.05, 0) is 42.0 Å². The van der Waals surface area contributed by atoms with E-state index >= 15 is 0 Å². The Balaban J connectivity index is 1.61. The molecular weight excluding hydrogens is 326 g/mol. The lowest BCUT2D eigenvalue weighted by Crippen LogP contribution is -2.39. The van der Waals surface area contributed by atoms with Crippen LogP contribution in [-0.4, -0.2) is 35.3 Å². The van der Waals surface area contributed by atoms with Crippen molar-refractivity contribution in [3.05, 3.63) is 52.2 Å². The number of carbonyl (C=O) groups is 1. The second-order valence-electron chi connectivity index (χ2n) is 5.80. The molecule has 1 aliphatic rings. The van der Waals surface area contributed by atoms with Crippen molar-refractivity contribution in [2.24, 2.45) is 5.92 Å². The molecule has 0 bridgehead atoms. The molecule has 5 heteroatoms. The molecule has 1 aromatic heterocycles. The zero-order valence-corrected chi connectivity index (χ0v) is 14.8. The molecule has 2 aromatic rings. The molecule has 1 amide bonds. The lowest BCUT2D eigenvalue weighted by atomic mass is 9.87. The third-order valence-electron chi connectivity index (χ3n) is 4.46. The van der Waals surface area contributed by atoms with Crippen LogP contribution in [0.2, 0.25) is 0 Å². The smallest absolute Gasteiger partial charge is 0.265 e. The lowest BCUT2D eigenvalue weighted by molar-refractivity contribution is 0.0463. The van der Waals surface area contributed by atoms with Crippen LogP contribution in [0.5, 0.6) is 0 Å². The number of thioether (sulfide) groups is 1. The summed E-state index contributed by atoms with van der Waals surface area (Å²) in [5.74, 6) is 0.363. The molecule has 0 radical (unpaired) electrons. The van der Waals surface area contributed by atoms with Gasteiger partial charge in [-0.15, -0.1) is 23.1 Å². The van der Waals surface area contributed by atoms with E-state index in [1.807, 2.05) is 52.9 Å². The van der Waals surface area contributed by atoms with Gasteiger partial charge in [-0.2, -0.15) is 0 Å². The van der Waals surface area contributed by atoms with Crippen molar-refractivity contribution in [3.63, 3.8) is 0 Å². The number of benzene rings is 1. The van der Waals surface area contributed by atoms with Crippen LogP contribution in [0.15, 0.2) is 46.7 Å². The summed E-state index contributed by atoms with van der Waals surface area (Å²) in [5.41, 5.74) is 0.972. The molecule has 0 saturated carbocycles. The highest BCUT2D eigenvalue weighted by Crippen LogP contribution is 2.32. The van der Waals surface area contributed by atoms with E-state index < -0.39 is 6.10 Å². The van der Waals surface area contributed by atoms with Crippen LogP contribution in [0, 0.1) is 5.92 Å². The maximum atomic E-state index is 12.6. The van der Waals surface area contributed by atoms with Gasteiger partial charge < -0.3 is 10.0 Å². The molecule has 1 aromatic carbocycles. The number of hydrogen-bond donors (Lipinski definition) is 1. The molecule has 23 heavy (non-hydrogen) atoms. The van der Waals surface area contributed by atoms with E-state index in [-0.39, 0.29) is 11.8 Å². The first-order valence-corrected chi connectivity index (χ1v) is 9.95. The van der Waals surface area contributed by atoms with Crippen LogP contribution < -0.4 is 0 Å². The summed E-state index contributed by atoms with van der Waals surface area (Å²) in [4.78, 5) is 16.5. The number of piperidine rings is 1. The largest absolute Gasteiger partial charge is 0.388 e. The van der Waals surface area contributed by atoms with Gasteiger partial charge in [0.15, 0.2) is 0 Å². The van der Waals surface area contributed by atoms with E-state index in [2.05, 4.69) is 0 Å². The van der Waals surface area contributed by atoms with E-state index in [0.29, 0.717) is 0 Å². The maximum Gasteiger partial charge on any atom is 0.265 e. The predicted octanol–water partition coefficient (Wildman–Crippen LogP) is 4.06. The van der Waals surface area contributed by atoms with Crippen molar-refractivity contribution < 1.29 is 9.90 Å². The van der Waals surface area contributed by atoms with Crippen molar-refractivity contribution in [3.8, 4) is 0 Å². The van der Waals surface area contributed by atoms with Gasteiger partial charge in [-0.3, -0.25) is 4.79 Å². The Kier molecular flexibility index (Phi) is 5.41. The summed E-state index contributed by atoms with van der Waals surface area (Å²) in [5, 5.41) is 12.5.